The molecule has 7 nitrogen and oxygen atoms in total. The number of aromatic nitrogens is 4. The van der Waals surface area contributed by atoms with Crippen LogP contribution in [-0.4, -0.2) is 30.8 Å². The average Bonchev–Trinajstić information content (AvgIpc) is 2.85. The highest BCUT2D eigenvalue weighted by molar-refractivity contribution is 7.09. The van der Waals surface area contributed by atoms with E-state index in [1.54, 1.807) is 0 Å². The van der Waals surface area contributed by atoms with E-state index in [1.165, 1.54) is 0 Å². The normalized spacial score (nSPS) is 11.7. The Kier molecular flexibility index (Phi) is 2.66. The first kappa shape index (κ1) is 11.6. The fraction of sp³-hybridized carbons (Fsp3) is 0.444. The SMILES string of the molecule is CC(C)(C)c1nnsc1-c1nc(C(=O)O)no1. The zero-order valence-electron chi connectivity index (χ0n) is 9.46. The molecule has 0 aliphatic heterocycles. The molecule has 0 atom stereocenters. The monoisotopic (exact) mass is 254 g/mol. The summed E-state index contributed by atoms with van der Waals surface area (Å²) in [5, 5.41) is 16.1. The van der Waals surface area contributed by atoms with E-state index in [-0.39, 0.29) is 17.1 Å². The van der Waals surface area contributed by atoms with Gasteiger partial charge in [0.2, 0.25) is 0 Å². The Hall–Kier alpha value is -1.83. The molecule has 0 unspecified atom stereocenters. The van der Waals surface area contributed by atoms with Gasteiger partial charge in [0.05, 0.1) is 5.69 Å². The molecule has 0 spiro atoms. The molecule has 0 radical (unpaired) electrons. The van der Waals surface area contributed by atoms with E-state index in [9.17, 15) is 4.79 Å². The summed E-state index contributed by atoms with van der Waals surface area (Å²) in [6.45, 7) is 5.92. The third-order valence-electron chi connectivity index (χ3n) is 2.01. The number of carboxylic acids is 1. The first-order chi connectivity index (χ1) is 7.89. The molecule has 0 bridgehead atoms. The summed E-state index contributed by atoms with van der Waals surface area (Å²) in [7, 11) is 0. The number of hydrogen-bond donors (Lipinski definition) is 1. The topological polar surface area (TPSA) is 102 Å². The molecule has 2 heterocycles. The van der Waals surface area contributed by atoms with Crippen LogP contribution in [0, 0.1) is 0 Å². The van der Waals surface area contributed by atoms with Crippen LogP contribution >= 0.6 is 11.5 Å². The number of carbonyl (C=O) groups is 1. The lowest BCUT2D eigenvalue weighted by atomic mass is 9.91. The van der Waals surface area contributed by atoms with E-state index in [0.29, 0.717) is 10.6 Å². The van der Waals surface area contributed by atoms with Gasteiger partial charge in [0, 0.05) is 5.41 Å². The second kappa shape index (κ2) is 3.88. The summed E-state index contributed by atoms with van der Waals surface area (Å²) < 4.78 is 8.73. The van der Waals surface area contributed by atoms with Gasteiger partial charge in [0.25, 0.3) is 11.7 Å². The Morgan fingerprint density at radius 1 is 1.41 bits per heavy atom. The Balaban J connectivity index is 2.47. The predicted octanol–water partition coefficient (Wildman–Crippen LogP) is 1.58. The molecule has 0 aliphatic rings. The van der Waals surface area contributed by atoms with Gasteiger partial charge in [-0.1, -0.05) is 25.3 Å². The molecule has 0 saturated heterocycles. The van der Waals surface area contributed by atoms with Crippen molar-refractivity contribution in [3.05, 3.63) is 11.5 Å². The van der Waals surface area contributed by atoms with Crippen LogP contribution in [0.2, 0.25) is 0 Å². The molecule has 2 aromatic heterocycles. The van der Waals surface area contributed by atoms with Crippen molar-refractivity contribution in [3.63, 3.8) is 0 Å². The van der Waals surface area contributed by atoms with Crippen molar-refractivity contribution in [3.8, 4) is 10.8 Å². The summed E-state index contributed by atoms with van der Waals surface area (Å²) >= 11 is 1.10. The van der Waals surface area contributed by atoms with Gasteiger partial charge in [-0.15, -0.1) is 5.10 Å². The van der Waals surface area contributed by atoms with Gasteiger partial charge < -0.3 is 9.63 Å². The summed E-state index contributed by atoms with van der Waals surface area (Å²) in [6, 6.07) is 0. The van der Waals surface area contributed by atoms with E-state index in [0.717, 1.165) is 11.5 Å². The minimum Gasteiger partial charge on any atom is -0.475 e. The summed E-state index contributed by atoms with van der Waals surface area (Å²) in [6.07, 6.45) is 0. The van der Waals surface area contributed by atoms with E-state index in [4.69, 9.17) is 9.63 Å². The Labute approximate surface area is 101 Å². The highest BCUT2D eigenvalue weighted by Crippen LogP contribution is 2.32. The van der Waals surface area contributed by atoms with Gasteiger partial charge in [-0.05, 0) is 16.7 Å². The first-order valence-electron chi connectivity index (χ1n) is 4.80. The van der Waals surface area contributed by atoms with E-state index in [2.05, 4.69) is 19.7 Å². The van der Waals surface area contributed by atoms with E-state index in [1.807, 2.05) is 20.8 Å². The fourth-order valence-electron chi connectivity index (χ4n) is 1.22. The van der Waals surface area contributed by atoms with Crippen LogP contribution in [0.25, 0.3) is 10.8 Å². The molecule has 17 heavy (non-hydrogen) atoms. The minimum absolute atomic E-state index is 0.141. The highest BCUT2D eigenvalue weighted by atomic mass is 32.1. The maximum Gasteiger partial charge on any atom is 0.377 e. The van der Waals surface area contributed by atoms with Gasteiger partial charge in [-0.2, -0.15) is 4.98 Å². The van der Waals surface area contributed by atoms with Crippen LogP contribution in [0.15, 0.2) is 4.52 Å². The van der Waals surface area contributed by atoms with Crippen molar-refractivity contribution in [1.82, 2.24) is 19.7 Å². The first-order valence-corrected chi connectivity index (χ1v) is 5.57. The third-order valence-corrected chi connectivity index (χ3v) is 2.72. The molecule has 2 aromatic rings. The summed E-state index contributed by atoms with van der Waals surface area (Å²) in [5.74, 6) is -1.45. The molecule has 8 heteroatoms. The smallest absolute Gasteiger partial charge is 0.377 e. The van der Waals surface area contributed by atoms with Crippen molar-refractivity contribution in [2.24, 2.45) is 0 Å². The Bertz CT molecular complexity index is 555. The van der Waals surface area contributed by atoms with Gasteiger partial charge in [-0.3, -0.25) is 0 Å². The van der Waals surface area contributed by atoms with Crippen LogP contribution in [0.3, 0.4) is 0 Å². The van der Waals surface area contributed by atoms with Crippen molar-refractivity contribution in [2.75, 3.05) is 0 Å². The zero-order valence-corrected chi connectivity index (χ0v) is 10.3. The number of nitrogens with zero attached hydrogens (tertiary/aromatic N) is 4. The van der Waals surface area contributed by atoms with E-state index < -0.39 is 5.97 Å². The quantitative estimate of drug-likeness (QED) is 0.867. The third kappa shape index (κ3) is 2.16. The molecule has 0 fully saturated rings. The Morgan fingerprint density at radius 3 is 2.65 bits per heavy atom. The maximum atomic E-state index is 10.7. The lowest BCUT2D eigenvalue weighted by molar-refractivity contribution is 0.0680. The van der Waals surface area contributed by atoms with Crippen LogP contribution in [0.4, 0.5) is 0 Å². The molecule has 1 N–H and O–H groups in total. The molecule has 2 rings (SSSR count). The fourth-order valence-corrected chi connectivity index (χ4v) is 2.02. The van der Waals surface area contributed by atoms with Crippen LogP contribution in [0.5, 0.6) is 0 Å². The molecule has 90 valence electrons. The zero-order chi connectivity index (χ0) is 12.6. The van der Waals surface area contributed by atoms with Crippen LogP contribution in [0.1, 0.15) is 37.1 Å². The van der Waals surface area contributed by atoms with Gasteiger partial charge in [-0.25, -0.2) is 4.79 Å². The molecule has 0 saturated carbocycles. The standard InChI is InChI=1S/C9H10N4O3S/c1-9(2,3)5-4(17-13-11-5)7-10-6(8(14)15)12-16-7/h1-3H3,(H,14,15). The van der Waals surface area contributed by atoms with Crippen LogP contribution < -0.4 is 0 Å². The van der Waals surface area contributed by atoms with Crippen molar-refractivity contribution in [2.45, 2.75) is 26.2 Å². The Morgan fingerprint density at radius 2 is 2.12 bits per heavy atom. The molecule has 0 aliphatic carbocycles. The van der Waals surface area contributed by atoms with Gasteiger partial charge in [0.15, 0.2) is 0 Å². The second-order valence-corrected chi connectivity index (χ2v) is 5.18. The molecular formula is C9H10N4O3S. The number of carboxylic acid groups (broad SMARTS) is 1. The number of hydrogen-bond acceptors (Lipinski definition) is 7. The number of aromatic carboxylic acids is 1. The average molecular weight is 254 g/mol. The molecule has 0 aromatic carbocycles. The number of rotatable bonds is 2. The largest absolute Gasteiger partial charge is 0.475 e. The van der Waals surface area contributed by atoms with E-state index >= 15 is 0 Å². The second-order valence-electron chi connectivity index (χ2n) is 4.43. The lowest BCUT2D eigenvalue weighted by Crippen LogP contribution is -2.13. The molecular weight excluding hydrogens is 244 g/mol. The molecule has 0 amide bonds. The van der Waals surface area contributed by atoms with Crippen molar-refractivity contribution >= 4 is 17.5 Å². The van der Waals surface area contributed by atoms with Gasteiger partial charge >= 0.3 is 5.97 Å². The van der Waals surface area contributed by atoms with Crippen molar-refractivity contribution < 1.29 is 14.4 Å². The maximum absolute atomic E-state index is 10.7. The predicted molar refractivity (Wildman–Crippen MR) is 58.9 cm³/mol. The summed E-state index contributed by atoms with van der Waals surface area (Å²) in [4.78, 5) is 15.0. The highest BCUT2D eigenvalue weighted by Gasteiger charge is 2.27. The lowest BCUT2D eigenvalue weighted by Gasteiger charge is -2.14. The minimum atomic E-state index is -1.23. The van der Waals surface area contributed by atoms with Gasteiger partial charge in [0.1, 0.15) is 4.88 Å². The summed E-state index contributed by atoms with van der Waals surface area (Å²) in [5.41, 5.74) is 0.489. The van der Waals surface area contributed by atoms with Crippen molar-refractivity contribution in [1.29, 1.82) is 0 Å². The van der Waals surface area contributed by atoms with Crippen LogP contribution in [-0.2, 0) is 5.41 Å².